The molecule has 2 aromatic rings. The predicted molar refractivity (Wildman–Crippen MR) is 77.3 cm³/mol. The maximum absolute atomic E-state index is 13.7. The second kappa shape index (κ2) is 7.09. The number of hydrogen-bond acceptors (Lipinski definition) is 5. The minimum Gasteiger partial charge on any atom is -0.507 e. The largest absolute Gasteiger partial charge is 0.507 e. The highest BCUT2D eigenvalue weighted by Crippen LogP contribution is 2.38. The van der Waals surface area contributed by atoms with Gasteiger partial charge in [-0.25, -0.2) is 17.6 Å². The third-order valence-electron chi connectivity index (χ3n) is 3.15. The molecule has 27 heavy (non-hydrogen) atoms. The molecule has 2 aromatic carbocycles. The SMILES string of the molecule is O=[N+]([O-])c1ccc(O)c(C=NNc2c(F)c(F)c(C(F)(F)F)c(F)c2F)c1. The van der Waals surface area contributed by atoms with Gasteiger partial charge in [0, 0.05) is 17.7 Å². The van der Waals surface area contributed by atoms with Crippen molar-refractivity contribution in [1.82, 2.24) is 0 Å². The van der Waals surface area contributed by atoms with Crippen molar-refractivity contribution in [3.63, 3.8) is 0 Å². The predicted octanol–water partition coefficient (Wildman–Crippen LogP) is 4.32. The Balaban J connectivity index is 2.41. The van der Waals surface area contributed by atoms with E-state index in [1.54, 1.807) is 0 Å². The van der Waals surface area contributed by atoms with Crippen molar-refractivity contribution < 1.29 is 40.8 Å². The molecule has 0 saturated heterocycles. The summed E-state index contributed by atoms with van der Waals surface area (Å²) in [6.07, 6.45) is -5.10. The maximum Gasteiger partial charge on any atom is 0.422 e. The van der Waals surface area contributed by atoms with Gasteiger partial charge in [0.2, 0.25) is 0 Å². The molecule has 0 fully saturated rings. The number of benzene rings is 2. The van der Waals surface area contributed by atoms with Crippen molar-refractivity contribution in [3.05, 3.63) is 62.7 Å². The van der Waals surface area contributed by atoms with Crippen LogP contribution in [0.4, 0.5) is 42.1 Å². The molecule has 2 N–H and O–H groups in total. The number of aromatic hydroxyl groups is 1. The first kappa shape index (κ1) is 19.9. The Morgan fingerprint density at radius 2 is 1.63 bits per heavy atom. The zero-order valence-corrected chi connectivity index (χ0v) is 12.6. The number of non-ortho nitro benzene ring substituents is 1. The van der Waals surface area contributed by atoms with Gasteiger partial charge in [0.25, 0.3) is 5.69 Å². The first-order valence-electron chi connectivity index (χ1n) is 6.64. The van der Waals surface area contributed by atoms with E-state index in [1.807, 2.05) is 0 Å². The Labute approximate surface area is 144 Å². The third-order valence-corrected chi connectivity index (χ3v) is 3.15. The summed E-state index contributed by atoms with van der Waals surface area (Å²) in [6, 6.07) is 2.64. The van der Waals surface area contributed by atoms with Gasteiger partial charge in [-0.05, 0) is 6.07 Å². The summed E-state index contributed by atoms with van der Waals surface area (Å²) in [6.45, 7) is 0. The summed E-state index contributed by atoms with van der Waals surface area (Å²) in [5.74, 6) is -10.7. The van der Waals surface area contributed by atoms with Crippen molar-refractivity contribution in [2.24, 2.45) is 5.10 Å². The van der Waals surface area contributed by atoms with Crippen LogP contribution in [0.25, 0.3) is 0 Å². The van der Waals surface area contributed by atoms with E-state index < -0.39 is 57.1 Å². The fraction of sp³-hybridized carbons (Fsp3) is 0.0714. The molecular formula is C14H6F7N3O3. The number of phenolic OH excluding ortho intramolecular Hbond substituents is 1. The number of nitro groups is 1. The van der Waals surface area contributed by atoms with Crippen LogP contribution >= 0.6 is 0 Å². The number of halogens is 7. The number of rotatable bonds is 4. The van der Waals surface area contributed by atoms with E-state index in [9.17, 15) is 46.0 Å². The molecule has 0 bridgehead atoms. The lowest BCUT2D eigenvalue weighted by atomic mass is 10.1. The van der Waals surface area contributed by atoms with Gasteiger partial charge in [0.1, 0.15) is 17.0 Å². The van der Waals surface area contributed by atoms with Gasteiger partial charge in [-0.2, -0.15) is 18.3 Å². The highest BCUT2D eigenvalue weighted by atomic mass is 19.4. The summed E-state index contributed by atoms with van der Waals surface area (Å²) >= 11 is 0. The van der Waals surface area contributed by atoms with Crippen LogP contribution in [0.1, 0.15) is 11.1 Å². The molecule has 144 valence electrons. The zero-order valence-electron chi connectivity index (χ0n) is 12.6. The monoisotopic (exact) mass is 397 g/mol. The maximum atomic E-state index is 13.7. The molecular weight excluding hydrogens is 391 g/mol. The quantitative estimate of drug-likeness (QED) is 0.264. The van der Waals surface area contributed by atoms with Crippen LogP contribution in [0.3, 0.4) is 0 Å². The van der Waals surface area contributed by atoms with Crippen molar-refractivity contribution in [3.8, 4) is 5.75 Å². The third kappa shape index (κ3) is 3.91. The van der Waals surface area contributed by atoms with E-state index in [0.29, 0.717) is 6.21 Å². The number of anilines is 1. The van der Waals surface area contributed by atoms with Gasteiger partial charge in [0.15, 0.2) is 23.3 Å². The fourth-order valence-corrected chi connectivity index (χ4v) is 1.90. The van der Waals surface area contributed by atoms with Crippen LogP contribution in [0.5, 0.6) is 5.75 Å². The number of nitrogens with zero attached hydrogens (tertiary/aromatic N) is 2. The average Bonchev–Trinajstić information content (AvgIpc) is 2.56. The van der Waals surface area contributed by atoms with E-state index in [0.717, 1.165) is 18.2 Å². The van der Waals surface area contributed by atoms with E-state index in [-0.39, 0.29) is 5.56 Å². The summed E-state index contributed by atoms with van der Waals surface area (Å²) < 4.78 is 91.6. The highest BCUT2D eigenvalue weighted by molar-refractivity contribution is 5.85. The normalized spacial score (nSPS) is 11.8. The van der Waals surface area contributed by atoms with E-state index in [4.69, 9.17) is 0 Å². The molecule has 0 heterocycles. The molecule has 0 aliphatic rings. The zero-order chi connectivity index (χ0) is 20.5. The minimum absolute atomic E-state index is 0.328. The molecule has 0 aliphatic carbocycles. The summed E-state index contributed by atoms with van der Waals surface area (Å²) in [5.41, 5.74) is -3.77. The first-order chi connectivity index (χ1) is 12.4. The standard InChI is InChI=1S/C14H6F7N3O3/c15-9-8(14(19,20)21)10(16)12(18)13(11(9)17)23-22-4-5-3-6(24(26)27)1-2-7(5)25/h1-4,23,25H. The lowest BCUT2D eigenvalue weighted by Gasteiger charge is -2.13. The Hall–Kier alpha value is -3.38. The molecule has 0 aromatic heterocycles. The molecule has 0 unspecified atom stereocenters. The average molecular weight is 397 g/mol. The van der Waals surface area contributed by atoms with E-state index in [1.165, 1.54) is 5.43 Å². The molecule has 0 aliphatic heterocycles. The minimum atomic E-state index is -5.69. The Morgan fingerprint density at radius 1 is 1.07 bits per heavy atom. The van der Waals surface area contributed by atoms with Crippen LogP contribution in [0.15, 0.2) is 23.3 Å². The summed E-state index contributed by atoms with van der Waals surface area (Å²) in [5, 5.41) is 23.2. The van der Waals surface area contributed by atoms with Gasteiger partial charge in [-0.15, -0.1) is 0 Å². The van der Waals surface area contributed by atoms with Crippen molar-refractivity contribution in [2.75, 3.05) is 5.43 Å². The van der Waals surface area contributed by atoms with Crippen molar-refractivity contribution in [2.45, 2.75) is 6.18 Å². The summed E-state index contributed by atoms with van der Waals surface area (Å²) in [7, 11) is 0. The Morgan fingerprint density at radius 3 is 2.11 bits per heavy atom. The van der Waals surface area contributed by atoms with Crippen LogP contribution in [0, 0.1) is 33.4 Å². The lowest BCUT2D eigenvalue weighted by molar-refractivity contribution is -0.384. The number of hydrazone groups is 1. The van der Waals surface area contributed by atoms with Crippen molar-refractivity contribution in [1.29, 1.82) is 0 Å². The second-order valence-corrected chi connectivity index (χ2v) is 4.87. The van der Waals surface area contributed by atoms with Gasteiger partial charge >= 0.3 is 6.18 Å². The van der Waals surface area contributed by atoms with Crippen LogP contribution in [0.2, 0.25) is 0 Å². The van der Waals surface area contributed by atoms with Gasteiger partial charge in [-0.1, -0.05) is 0 Å². The number of alkyl halides is 3. The van der Waals surface area contributed by atoms with Gasteiger partial charge in [0.05, 0.1) is 11.1 Å². The molecule has 0 atom stereocenters. The molecule has 2 rings (SSSR count). The highest BCUT2D eigenvalue weighted by Gasteiger charge is 2.42. The number of nitro benzene ring substituents is 1. The van der Waals surface area contributed by atoms with E-state index in [2.05, 4.69) is 5.10 Å². The number of nitrogens with one attached hydrogen (secondary N) is 1. The van der Waals surface area contributed by atoms with E-state index >= 15 is 0 Å². The molecule has 0 radical (unpaired) electrons. The van der Waals surface area contributed by atoms with Crippen LogP contribution in [-0.2, 0) is 6.18 Å². The molecule has 6 nitrogen and oxygen atoms in total. The second-order valence-electron chi connectivity index (χ2n) is 4.87. The van der Waals surface area contributed by atoms with Crippen LogP contribution in [-0.4, -0.2) is 16.2 Å². The molecule has 0 spiro atoms. The molecule has 0 amide bonds. The Kier molecular flexibility index (Phi) is 5.23. The Bertz CT molecular complexity index is 916. The fourth-order valence-electron chi connectivity index (χ4n) is 1.90. The lowest BCUT2D eigenvalue weighted by Crippen LogP contribution is -2.16. The van der Waals surface area contributed by atoms with Crippen molar-refractivity contribution >= 4 is 17.6 Å². The smallest absolute Gasteiger partial charge is 0.422 e. The summed E-state index contributed by atoms with van der Waals surface area (Å²) in [4.78, 5) is 9.80. The first-order valence-corrected chi connectivity index (χ1v) is 6.64. The number of hydrogen-bond donors (Lipinski definition) is 2. The molecule has 0 saturated carbocycles. The van der Waals surface area contributed by atoms with Gasteiger partial charge in [-0.3, -0.25) is 15.5 Å². The number of phenols is 1. The molecule has 13 heteroatoms. The van der Waals surface area contributed by atoms with Gasteiger partial charge < -0.3 is 5.11 Å². The topological polar surface area (TPSA) is 87.8 Å². The van der Waals surface area contributed by atoms with Crippen LogP contribution < -0.4 is 5.43 Å².